The molecule has 7 heteroatoms. The summed E-state index contributed by atoms with van der Waals surface area (Å²) in [5, 5.41) is 8.84. The van der Waals surface area contributed by atoms with Crippen LogP contribution in [0.15, 0.2) is 18.2 Å². The Morgan fingerprint density at radius 1 is 1.20 bits per heavy atom. The molecule has 1 N–H and O–H groups in total. The van der Waals surface area contributed by atoms with E-state index < -0.39 is 29.9 Å². The third-order valence-corrected chi connectivity index (χ3v) is 1.50. The molecule has 2 nitrogen and oxygen atoms in total. The molecule has 0 saturated heterocycles. The summed E-state index contributed by atoms with van der Waals surface area (Å²) in [5.41, 5.74) is -1.42. The van der Waals surface area contributed by atoms with Crippen molar-refractivity contribution >= 4 is 0 Å². The number of phenolic OH excluding ortho intramolecular Hbond substituents is 1. The SMILES string of the molecule is Oc1ccc(OC(F)F)cc1C(F)(F)F. The minimum Gasteiger partial charge on any atom is -0.507 e. The van der Waals surface area contributed by atoms with Crippen molar-refractivity contribution in [1.82, 2.24) is 0 Å². The molecule has 1 aromatic rings. The van der Waals surface area contributed by atoms with Gasteiger partial charge in [0.15, 0.2) is 0 Å². The zero-order chi connectivity index (χ0) is 11.6. The van der Waals surface area contributed by atoms with Crippen molar-refractivity contribution < 1.29 is 31.8 Å². The molecular formula is C8H5F5O2. The van der Waals surface area contributed by atoms with Crippen LogP contribution in [0.5, 0.6) is 11.5 Å². The number of ether oxygens (including phenoxy) is 1. The number of hydrogen-bond acceptors (Lipinski definition) is 2. The average Bonchev–Trinajstić information content (AvgIpc) is 2.05. The van der Waals surface area contributed by atoms with Crippen molar-refractivity contribution in [1.29, 1.82) is 0 Å². The Hall–Kier alpha value is -1.53. The Balaban J connectivity index is 3.06. The first kappa shape index (κ1) is 11.5. The Morgan fingerprint density at radius 2 is 1.80 bits per heavy atom. The standard InChI is InChI=1S/C8H5F5O2/c9-7(10)15-4-1-2-6(14)5(3-4)8(11,12)13/h1-3,7,14H. The molecular weight excluding hydrogens is 223 g/mol. The number of hydrogen-bond donors (Lipinski definition) is 1. The predicted octanol–water partition coefficient (Wildman–Crippen LogP) is 3.01. The van der Waals surface area contributed by atoms with Crippen molar-refractivity contribution in [2.24, 2.45) is 0 Å². The van der Waals surface area contributed by atoms with Crippen LogP contribution in [-0.4, -0.2) is 11.7 Å². The van der Waals surface area contributed by atoms with Crippen LogP contribution in [0.3, 0.4) is 0 Å². The van der Waals surface area contributed by atoms with Crippen LogP contribution >= 0.6 is 0 Å². The molecule has 0 aliphatic heterocycles. The van der Waals surface area contributed by atoms with Crippen molar-refractivity contribution in [3.63, 3.8) is 0 Å². The third-order valence-electron chi connectivity index (χ3n) is 1.50. The lowest BCUT2D eigenvalue weighted by Crippen LogP contribution is -2.07. The summed E-state index contributed by atoms with van der Waals surface area (Å²) in [5.74, 6) is -1.70. The van der Waals surface area contributed by atoms with Gasteiger partial charge in [-0.2, -0.15) is 22.0 Å². The van der Waals surface area contributed by atoms with E-state index in [2.05, 4.69) is 4.74 Å². The second-order valence-corrected chi connectivity index (χ2v) is 2.56. The average molecular weight is 228 g/mol. The van der Waals surface area contributed by atoms with Crippen molar-refractivity contribution in [2.75, 3.05) is 0 Å². The largest absolute Gasteiger partial charge is 0.507 e. The molecule has 15 heavy (non-hydrogen) atoms. The molecule has 0 aromatic heterocycles. The molecule has 0 atom stereocenters. The van der Waals surface area contributed by atoms with Gasteiger partial charge in [-0.15, -0.1) is 0 Å². The molecule has 0 amide bonds. The Kier molecular flexibility index (Phi) is 3.01. The van der Waals surface area contributed by atoms with Gasteiger partial charge in [0.05, 0.1) is 0 Å². The van der Waals surface area contributed by atoms with Crippen LogP contribution in [0.25, 0.3) is 0 Å². The lowest BCUT2D eigenvalue weighted by atomic mass is 10.2. The summed E-state index contributed by atoms with van der Waals surface area (Å²) >= 11 is 0. The first-order valence-corrected chi connectivity index (χ1v) is 3.65. The molecule has 84 valence electrons. The van der Waals surface area contributed by atoms with Gasteiger partial charge in [0.25, 0.3) is 0 Å². The molecule has 0 aliphatic rings. The molecule has 0 fully saturated rings. The minimum atomic E-state index is -4.81. The summed E-state index contributed by atoms with van der Waals surface area (Å²) in [4.78, 5) is 0. The van der Waals surface area contributed by atoms with Crippen molar-refractivity contribution in [3.8, 4) is 11.5 Å². The van der Waals surface area contributed by atoms with E-state index >= 15 is 0 Å². The number of benzene rings is 1. The summed E-state index contributed by atoms with van der Waals surface area (Å²) < 4.78 is 63.6. The number of halogens is 5. The number of rotatable bonds is 2. The van der Waals surface area contributed by atoms with E-state index in [1.807, 2.05) is 0 Å². The first-order chi connectivity index (χ1) is 6.80. The fourth-order valence-electron chi connectivity index (χ4n) is 0.918. The Morgan fingerprint density at radius 3 is 2.27 bits per heavy atom. The van der Waals surface area contributed by atoms with Gasteiger partial charge in [0, 0.05) is 0 Å². The van der Waals surface area contributed by atoms with Crippen LogP contribution in [0.1, 0.15) is 5.56 Å². The van der Waals surface area contributed by atoms with Gasteiger partial charge in [-0.25, -0.2) is 0 Å². The Labute approximate surface area is 80.9 Å². The minimum absolute atomic E-state index is 0.307. The van der Waals surface area contributed by atoms with Gasteiger partial charge in [0.1, 0.15) is 17.1 Å². The molecule has 1 rings (SSSR count). The monoisotopic (exact) mass is 228 g/mol. The third kappa shape index (κ3) is 2.97. The highest BCUT2D eigenvalue weighted by molar-refractivity contribution is 5.41. The van der Waals surface area contributed by atoms with E-state index in [-0.39, 0.29) is 0 Å². The quantitative estimate of drug-likeness (QED) is 0.788. The van der Waals surface area contributed by atoms with Crippen LogP contribution in [-0.2, 0) is 6.18 Å². The molecule has 0 heterocycles. The van der Waals surface area contributed by atoms with Crippen LogP contribution in [0.4, 0.5) is 22.0 Å². The summed E-state index contributed by atoms with van der Waals surface area (Å²) in [6.07, 6.45) is -4.81. The van der Waals surface area contributed by atoms with E-state index in [1.165, 1.54) is 0 Å². The summed E-state index contributed by atoms with van der Waals surface area (Å²) in [6.45, 7) is -3.21. The van der Waals surface area contributed by atoms with Crippen LogP contribution in [0, 0.1) is 0 Å². The number of phenols is 1. The maximum Gasteiger partial charge on any atom is 0.420 e. The van der Waals surface area contributed by atoms with Crippen LogP contribution in [0.2, 0.25) is 0 Å². The zero-order valence-corrected chi connectivity index (χ0v) is 7.05. The second-order valence-electron chi connectivity index (χ2n) is 2.56. The van der Waals surface area contributed by atoms with E-state index in [9.17, 15) is 22.0 Å². The fraction of sp³-hybridized carbons (Fsp3) is 0.250. The van der Waals surface area contributed by atoms with E-state index in [0.717, 1.165) is 6.07 Å². The maximum absolute atomic E-state index is 12.2. The van der Waals surface area contributed by atoms with Gasteiger partial charge in [-0.3, -0.25) is 0 Å². The molecule has 0 unspecified atom stereocenters. The van der Waals surface area contributed by atoms with Gasteiger partial charge in [-0.05, 0) is 18.2 Å². The van der Waals surface area contributed by atoms with Crippen molar-refractivity contribution in [3.05, 3.63) is 23.8 Å². The summed E-state index contributed by atoms with van der Waals surface area (Å²) in [7, 11) is 0. The van der Waals surface area contributed by atoms with Crippen molar-refractivity contribution in [2.45, 2.75) is 12.8 Å². The zero-order valence-electron chi connectivity index (χ0n) is 7.05. The normalized spacial score (nSPS) is 11.9. The van der Waals surface area contributed by atoms with E-state index in [0.29, 0.717) is 12.1 Å². The lowest BCUT2D eigenvalue weighted by Gasteiger charge is -2.11. The van der Waals surface area contributed by atoms with E-state index in [4.69, 9.17) is 5.11 Å². The van der Waals surface area contributed by atoms with Gasteiger partial charge in [-0.1, -0.05) is 0 Å². The van der Waals surface area contributed by atoms with Gasteiger partial charge >= 0.3 is 12.8 Å². The topological polar surface area (TPSA) is 29.5 Å². The Bertz CT molecular complexity index is 347. The van der Waals surface area contributed by atoms with Gasteiger partial charge < -0.3 is 9.84 Å². The molecule has 0 radical (unpaired) electrons. The van der Waals surface area contributed by atoms with E-state index in [1.54, 1.807) is 0 Å². The number of alkyl halides is 5. The second kappa shape index (κ2) is 3.92. The highest BCUT2D eigenvalue weighted by Gasteiger charge is 2.34. The number of aromatic hydroxyl groups is 1. The highest BCUT2D eigenvalue weighted by atomic mass is 19.4. The fourth-order valence-corrected chi connectivity index (χ4v) is 0.918. The molecule has 0 aliphatic carbocycles. The molecule has 0 bridgehead atoms. The molecule has 0 spiro atoms. The smallest absolute Gasteiger partial charge is 0.420 e. The maximum atomic E-state index is 12.2. The van der Waals surface area contributed by atoms with Gasteiger partial charge in [0.2, 0.25) is 0 Å². The highest BCUT2D eigenvalue weighted by Crippen LogP contribution is 2.37. The summed E-state index contributed by atoms with van der Waals surface area (Å²) in [6, 6.07) is 1.76. The predicted molar refractivity (Wildman–Crippen MR) is 39.7 cm³/mol. The van der Waals surface area contributed by atoms with Crippen LogP contribution < -0.4 is 4.74 Å². The first-order valence-electron chi connectivity index (χ1n) is 3.65. The lowest BCUT2D eigenvalue weighted by molar-refractivity contribution is -0.139. The molecule has 1 aromatic carbocycles. The molecule has 0 saturated carbocycles.